The molecule has 0 amide bonds. The Morgan fingerprint density at radius 3 is 3.06 bits per heavy atom. The van der Waals surface area contributed by atoms with Crippen LogP contribution in [-0.2, 0) is 24.3 Å². The van der Waals surface area contributed by atoms with Crippen molar-refractivity contribution in [3.63, 3.8) is 0 Å². The molecule has 3 rings (SSSR count). The number of fused-ring (bicyclic) bond motifs is 3. The van der Waals surface area contributed by atoms with Gasteiger partial charge in [-0.25, -0.2) is 0 Å². The molecule has 0 atom stereocenters. The van der Waals surface area contributed by atoms with E-state index in [4.69, 9.17) is 5.11 Å². The van der Waals surface area contributed by atoms with Gasteiger partial charge in [-0.1, -0.05) is 18.2 Å². The first kappa shape index (κ1) is 10.4. The minimum atomic E-state index is -0.785. The van der Waals surface area contributed by atoms with Crippen LogP contribution in [0.3, 0.4) is 0 Å². The van der Waals surface area contributed by atoms with E-state index in [-0.39, 0.29) is 6.54 Å². The van der Waals surface area contributed by atoms with Crippen LogP contribution in [0.5, 0.6) is 0 Å². The molecule has 0 spiro atoms. The Hall–Kier alpha value is -1.81. The minimum absolute atomic E-state index is 0.0514. The fourth-order valence-electron chi connectivity index (χ4n) is 2.65. The summed E-state index contributed by atoms with van der Waals surface area (Å²) in [5.41, 5.74) is 3.46. The molecular weight excluding hydrogens is 216 g/mol. The maximum atomic E-state index is 11.0. The second-order valence-corrected chi connectivity index (χ2v) is 4.35. The summed E-state index contributed by atoms with van der Waals surface area (Å²) in [6, 6.07) is 8.03. The molecule has 1 aromatic heterocycles. The van der Waals surface area contributed by atoms with Crippen LogP contribution in [0, 0.1) is 0 Å². The zero-order chi connectivity index (χ0) is 11.8. The largest absolute Gasteiger partial charge is 0.480 e. The molecule has 2 N–H and O–H groups in total. The number of nitrogens with zero attached hydrogens (tertiary/aromatic N) is 1. The summed E-state index contributed by atoms with van der Waals surface area (Å²) >= 11 is 0. The van der Waals surface area contributed by atoms with Crippen LogP contribution in [0.1, 0.15) is 11.3 Å². The maximum Gasteiger partial charge on any atom is 0.323 e. The smallest absolute Gasteiger partial charge is 0.323 e. The molecule has 0 unspecified atom stereocenters. The van der Waals surface area contributed by atoms with Crippen molar-refractivity contribution in [2.24, 2.45) is 0 Å². The predicted molar refractivity (Wildman–Crippen MR) is 65.0 cm³/mol. The van der Waals surface area contributed by atoms with Gasteiger partial charge in [-0.2, -0.15) is 0 Å². The maximum absolute atomic E-state index is 11.0. The normalized spacial score (nSPS) is 14.8. The van der Waals surface area contributed by atoms with Gasteiger partial charge in [0.2, 0.25) is 0 Å². The van der Waals surface area contributed by atoms with Gasteiger partial charge >= 0.3 is 5.97 Å². The highest BCUT2D eigenvalue weighted by molar-refractivity contribution is 5.87. The Kier molecular flexibility index (Phi) is 2.37. The van der Waals surface area contributed by atoms with E-state index < -0.39 is 5.97 Å². The Morgan fingerprint density at radius 1 is 1.41 bits per heavy atom. The number of carboxylic acids is 1. The molecule has 2 aromatic rings. The van der Waals surface area contributed by atoms with E-state index in [9.17, 15) is 4.79 Å². The van der Waals surface area contributed by atoms with Crippen molar-refractivity contribution in [3.05, 3.63) is 35.5 Å². The highest BCUT2D eigenvalue weighted by Gasteiger charge is 2.20. The molecule has 0 saturated heterocycles. The number of aromatic nitrogens is 1. The van der Waals surface area contributed by atoms with Crippen LogP contribution in [0.25, 0.3) is 10.9 Å². The summed E-state index contributed by atoms with van der Waals surface area (Å²) in [5, 5.41) is 13.5. The lowest BCUT2D eigenvalue weighted by atomic mass is 10.1. The summed E-state index contributed by atoms with van der Waals surface area (Å²) in [6.07, 6.45) is 0.900. The number of benzene rings is 1. The average Bonchev–Trinajstić information content (AvgIpc) is 2.65. The number of hydrogen-bond acceptors (Lipinski definition) is 2. The third kappa shape index (κ3) is 1.61. The number of carboxylic acid groups (broad SMARTS) is 1. The molecule has 0 saturated carbocycles. The molecular formula is C13H14N2O2. The second kappa shape index (κ2) is 3.89. The lowest BCUT2D eigenvalue weighted by Crippen LogP contribution is -2.25. The molecule has 0 aliphatic carbocycles. The first-order valence-corrected chi connectivity index (χ1v) is 5.79. The molecule has 1 aliphatic heterocycles. The van der Waals surface area contributed by atoms with Crippen molar-refractivity contribution in [1.82, 2.24) is 9.88 Å². The summed E-state index contributed by atoms with van der Waals surface area (Å²) in [7, 11) is 0. The quantitative estimate of drug-likeness (QED) is 0.819. The fourth-order valence-corrected chi connectivity index (χ4v) is 2.65. The molecule has 4 heteroatoms. The second-order valence-electron chi connectivity index (χ2n) is 4.35. The zero-order valence-electron chi connectivity index (χ0n) is 9.44. The number of nitrogens with one attached hydrogen (secondary N) is 1. The first-order chi connectivity index (χ1) is 8.27. The van der Waals surface area contributed by atoms with Crippen LogP contribution in [-0.4, -0.2) is 22.2 Å². The van der Waals surface area contributed by atoms with E-state index in [2.05, 4.69) is 11.4 Å². The zero-order valence-corrected chi connectivity index (χ0v) is 9.44. The fraction of sp³-hybridized carbons (Fsp3) is 0.308. The van der Waals surface area contributed by atoms with Gasteiger partial charge in [0.15, 0.2) is 0 Å². The molecule has 88 valence electrons. The Bertz CT molecular complexity index is 586. The number of hydrogen-bond donors (Lipinski definition) is 2. The molecule has 1 aromatic carbocycles. The minimum Gasteiger partial charge on any atom is -0.480 e. The number of aliphatic carboxylic acids is 1. The lowest BCUT2D eigenvalue weighted by Gasteiger charge is -2.16. The number of carbonyl (C=O) groups is 1. The van der Waals surface area contributed by atoms with Gasteiger partial charge in [0, 0.05) is 36.1 Å². The van der Waals surface area contributed by atoms with Crippen molar-refractivity contribution in [2.45, 2.75) is 19.5 Å². The lowest BCUT2D eigenvalue weighted by molar-refractivity contribution is -0.137. The Morgan fingerprint density at radius 2 is 2.24 bits per heavy atom. The predicted octanol–water partition coefficient (Wildman–Crippen LogP) is 1.37. The van der Waals surface area contributed by atoms with Gasteiger partial charge in [0.25, 0.3) is 0 Å². The van der Waals surface area contributed by atoms with Crippen LogP contribution < -0.4 is 5.32 Å². The van der Waals surface area contributed by atoms with E-state index in [0.29, 0.717) is 0 Å². The van der Waals surface area contributed by atoms with Crippen molar-refractivity contribution in [2.75, 3.05) is 6.54 Å². The highest BCUT2D eigenvalue weighted by atomic mass is 16.4. The van der Waals surface area contributed by atoms with E-state index in [1.54, 1.807) is 0 Å². The van der Waals surface area contributed by atoms with Crippen molar-refractivity contribution in [1.29, 1.82) is 0 Å². The summed E-state index contributed by atoms with van der Waals surface area (Å²) in [4.78, 5) is 11.0. The third-order valence-corrected chi connectivity index (χ3v) is 3.33. The SMILES string of the molecule is O=C(O)Cn1c2c(c3ccccc31)CNCC2. The van der Waals surface area contributed by atoms with Gasteiger partial charge in [-0.05, 0) is 11.6 Å². The molecule has 2 heterocycles. The van der Waals surface area contributed by atoms with Crippen molar-refractivity contribution < 1.29 is 9.90 Å². The standard InChI is InChI=1S/C13H14N2O2/c16-13(17)8-15-11-4-2-1-3-9(11)10-7-14-6-5-12(10)15/h1-4,14H,5-8H2,(H,16,17). The summed E-state index contributed by atoms with van der Waals surface area (Å²) in [6.45, 7) is 1.81. The van der Waals surface area contributed by atoms with E-state index in [1.165, 1.54) is 16.6 Å². The monoisotopic (exact) mass is 230 g/mol. The van der Waals surface area contributed by atoms with Gasteiger partial charge in [-0.15, -0.1) is 0 Å². The van der Waals surface area contributed by atoms with Gasteiger partial charge < -0.3 is 15.0 Å². The first-order valence-electron chi connectivity index (χ1n) is 5.79. The Balaban J connectivity index is 2.27. The molecule has 4 nitrogen and oxygen atoms in total. The summed E-state index contributed by atoms with van der Waals surface area (Å²) < 4.78 is 1.94. The molecule has 0 fully saturated rings. The Labute approximate surface area is 98.9 Å². The van der Waals surface area contributed by atoms with Crippen molar-refractivity contribution >= 4 is 16.9 Å². The van der Waals surface area contributed by atoms with Crippen LogP contribution in [0.15, 0.2) is 24.3 Å². The van der Waals surface area contributed by atoms with Gasteiger partial charge in [0.05, 0.1) is 0 Å². The average molecular weight is 230 g/mol. The number of para-hydroxylation sites is 1. The van der Waals surface area contributed by atoms with E-state index >= 15 is 0 Å². The van der Waals surface area contributed by atoms with E-state index in [1.807, 2.05) is 22.8 Å². The molecule has 17 heavy (non-hydrogen) atoms. The van der Waals surface area contributed by atoms with E-state index in [0.717, 1.165) is 25.0 Å². The molecule has 1 aliphatic rings. The van der Waals surface area contributed by atoms with Crippen LogP contribution >= 0.6 is 0 Å². The van der Waals surface area contributed by atoms with Crippen LogP contribution in [0.4, 0.5) is 0 Å². The summed E-state index contributed by atoms with van der Waals surface area (Å²) in [5.74, 6) is -0.785. The van der Waals surface area contributed by atoms with Gasteiger partial charge in [0.1, 0.15) is 6.54 Å². The van der Waals surface area contributed by atoms with Crippen molar-refractivity contribution in [3.8, 4) is 0 Å². The van der Waals surface area contributed by atoms with Crippen LogP contribution in [0.2, 0.25) is 0 Å². The molecule has 0 bridgehead atoms. The third-order valence-electron chi connectivity index (χ3n) is 3.33. The number of rotatable bonds is 2. The molecule has 0 radical (unpaired) electrons. The van der Waals surface area contributed by atoms with Gasteiger partial charge in [-0.3, -0.25) is 4.79 Å². The highest BCUT2D eigenvalue weighted by Crippen LogP contribution is 2.28. The topological polar surface area (TPSA) is 54.3 Å².